The molecule has 1 aliphatic heterocycles. The summed E-state index contributed by atoms with van der Waals surface area (Å²) in [5, 5.41) is 0.768. The Morgan fingerprint density at radius 1 is 1.30 bits per heavy atom. The van der Waals surface area contributed by atoms with Crippen molar-refractivity contribution >= 4 is 11.6 Å². The van der Waals surface area contributed by atoms with Crippen molar-refractivity contribution in [2.75, 3.05) is 33.7 Å². The summed E-state index contributed by atoms with van der Waals surface area (Å²) in [7, 11) is 4.43. The number of halogens is 1. The molecule has 1 fully saturated rings. The Kier molecular flexibility index (Phi) is 5.85. The SMILES string of the molecule is CN1CCC(N(C)CCC(N)c2ccc(Cl)cc2)CC1. The van der Waals surface area contributed by atoms with Crippen LogP contribution in [0, 0.1) is 0 Å². The highest BCUT2D eigenvalue weighted by Gasteiger charge is 2.20. The Morgan fingerprint density at radius 2 is 1.90 bits per heavy atom. The lowest BCUT2D eigenvalue weighted by atomic mass is 10.0. The number of hydrogen-bond donors (Lipinski definition) is 1. The van der Waals surface area contributed by atoms with E-state index in [0.717, 1.165) is 18.0 Å². The second kappa shape index (κ2) is 7.41. The molecule has 1 heterocycles. The summed E-state index contributed by atoms with van der Waals surface area (Å²) in [5.41, 5.74) is 7.44. The molecule has 0 spiro atoms. The first-order valence-electron chi connectivity index (χ1n) is 7.46. The Bertz CT molecular complexity index is 399. The molecule has 1 unspecified atom stereocenters. The summed E-state index contributed by atoms with van der Waals surface area (Å²) in [6.45, 7) is 3.47. The molecule has 0 bridgehead atoms. The normalized spacial score (nSPS) is 19.4. The van der Waals surface area contributed by atoms with Crippen LogP contribution < -0.4 is 5.73 Å². The van der Waals surface area contributed by atoms with Gasteiger partial charge in [-0.3, -0.25) is 0 Å². The fourth-order valence-corrected chi connectivity index (χ4v) is 2.96. The van der Waals surface area contributed by atoms with Crippen molar-refractivity contribution in [1.82, 2.24) is 9.80 Å². The fourth-order valence-electron chi connectivity index (χ4n) is 2.84. The maximum atomic E-state index is 6.27. The lowest BCUT2D eigenvalue weighted by molar-refractivity contribution is 0.141. The maximum Gasteiger partial charge on any atom is 0.0406 e. The van der Waals surface area contributed by atoms with E-state index in [2.05, 4.69) is 23.9 Å². The van der Waals surface area contributed by atoms with Crippen LogP contribution in [0.25, 0.3) is 0 Å². The molecule has 0 amide bonds. The maximum absolute atomic E-state index is 6.27. The first-order valence-corrected chi connectivity index (χ1v) is 7.84. The van der Waals surface area contributed by atoms with E-state index in [1.165, 1.54) is 31.5 Å². The molecule has 3 nitrogen and oxygen atoms in total. The standard InChI is InChI=1S/C16H26ClN3/c1-19-10-7-15(8-11-19)20(2)12-9-16(18)13-3-5-14(17)6-4-13/h3-6,15-16H,7-12,18H2,1-2H3. The van der Waals surface area contributed by atoms with Gasteiger partial charge in [-0.15, -0.1) is 0 Å². The minimum Gasteiger partial charge on any atom is -0.324 e. The third-order valence-electron chi connectivity index (χ3n) is 4.40. The van der Waals surface area contributed by atoms with E-state index in [1.807, 2.05) is 24.3 Å². The highest BCUT2D eigenvalue weighted by molar-refractivity contribution is 6.30. The summed E-state index contributed by atoms with van der Waals surface area (Å²) in [6.07, 6.45) is 3.52. The Labute approximate surface area is 127 Å². The summed E-state index contributed by atoms with van der Waals surface area (Å²) in [4.78, 5) is 4.88. The minimum atomic E-state index is 0.0981. The monoisotopic (exact) mass is 295 g/mol. The van der Waals surface area contributed by atoms with Gasteiger partial charge < -0.3 is 15.5 Å². The van der Waals surface area contributed by atoms with E-state index in [0.29, 0.717) is 6.04 Å². The summed E-state index contributed by atoms with van der Waals surface area (Å²) >= 11 is 5.90. The number of likely N-dealkylation sites (tertiary alicyclic amines) is 1. The average molecular weight is 296 g/mol. The zero-order valence-corrected chi connectivity index (χ0v) is 13.3. The van der Waals surface area contributed by atoms with Gasteiger partial charge in [-0.2, -0.15) is 0 Å². The molecule has 0 radical (unpaired) electrons. The molecule has 112 valence electrons. The molecular weight excluding hydrogens is 270 g/mol. The molecule has 2 rings (SSSR count). The van der Waals surface area contributed by atoms with Crippen molar-refractivity contribution in [3.05, 3.63) is 34.9 Å². The first-order chi connectivity index (χ1) is 9.56. The van der Waals surface area contributed by atoms with E-state index in [9.17, 15) is 0 Å². The molecule has 1 aromatic rings. The topological polar surface area (TPSA) is 32.5 Å². The van der Waals surface area contributed by atoms with Gasteiger partial charge in [-0.25, -0.2) is 0 Å². The largest absolute Gasteiger partial charge is 0.324 e. The number of benzene rings is 1. The van der Waals surface area contributed by atoms with Crippen LogP contribution in [-0.2, 0) is 0 Å². The average Bonchev–Trinajstić information content (AvgIpc) is 2.46. The van der Waals surface area contributed by atoms with Crippen LogP contribution in [0.2, 0.25) is 5.02 Å². The predicted octanol–water partition coefficient (Wildman–Crippen LogP) is 2.76. The molecule has 1 saturated heterocycles. The van der Waals surface area contributed by atoms with Gasteiger partial charge in [0.05, 0.1) is 0 Å². The first kappa shape index (κ1) is 15.8. The number of nitrogens with zero attached hydrogens (tertiary/aromatic N) is 2. The van der Waals surface area contributed by atoms with Gasteiger partial charge in [0, 0.05) is 17.1 Å². The van der Waals surface area contributed by atoms with Crippen LogP contribution in [-0.4, -0.2) is 49.6 Å². The number of nitrogens with two attached hydrogens (primary N) is 1. The highest BCUT2D eigenvalue weighted by Crippen LogP contribution is 2.19. The summed E-state index contributed by atoms with van der Waals surface area (Å²) in [6, 6.07) is 8.70. The van der Waals surface area contributed by atoms with Gasteiger partial charge >= 0.3 is 0 Å². The number of piperidine rings is 1. The van der Waals surface area contributed by atoms with Crippen LogP contribution in [0.5, 0.6) is 0 Å². The molecule has 1 atom stereocenters. The Hall–Kier alpha value is -0.610. The zero-order chi connectivity index (χ0) is 14.5. The van der Waals surface area contributed by atoms with Crippen LogP contribution in [0.3, 0.4) is 0 Å². The summed E-state index contributed by atoms with van der Waals surface area (Å²) in [5.74, 6) is 0. The molecule has 1 aliphatic rings. The van der Waals surface area contributed by atoms with E-state index in [-0.39, 0.29) is 6.04 Å². The molecule has 0 aromatic heterocycles. The molecule has 0 saturated carbocycles. The second-order valence-corrected chi connectivity index (χ2v) is 6.40. The van der Waals surface area contributed by atoms with Crippen molar-refractivity contribution in [2.24, 2.45) is 5.73 Å². The lowest BCUT2D eigenvalue weighted by Gasteiger charge is -2.35. The predicted molar refractivity (Wildman–Crippen MR) is 86.1 cm³/mol. The van der Waals surface area contributed by atoms with Crippen LogP contribution >= 0.6 is 11.6 Å². The molecule has 4 heteroatoms. The van der Waals surface area contributed by atoms with Crippen molar-refractivity contribution in [1.29, 1.82) is 0 Å². The zero-order valence-electron chi connectivity index (χ0n) is 12.6. The van der Waals surface area contributed by atoms with Crippen molar-refractivity contribution in [2.45, 2.75) is 31.3 Å². The van der Waals surface area contributed by atoms with E-state index in [4.69, 9.17) is 17.3 Å². The smallest absolute Gasteiger partial charge is 0.0406 e. The highest BCUT2D eigenvalue weighted by atomic mass is 35.5. The molecule has 20 heavy (non-hydrogen) atoms. The van der Waals surface area contributed by atoms with E-state index < -0.39 is 0 Å². The van der Waals surface area contributed by atoms with Crippen molar-refractivity contribution < 1.29 is 0 Å². The third-order valence-corrected chi connectivity index (χ3v) is 4.65. The van der Waals surface area contributed by atoms with Crippen LogP contribution in [0.1, 0.15) is 30.9 Å². The van der Waals surface area contributed by atoms with Gasteiger partial charge in [-0.05, 0) is 70.7 Å². The Balaban J connectivity index is 1.77. The van der Waals surface area contributed by atoms with Crippen LogP contribution in [0.15, 0.2) is 24.3 Å². The van der Waals surface area contributed by atoms with Gasteiger partial charge in [0.15, 0.2) is 0 Å². The lowest BCUT2D eigenvalue weighted by Crippen LogP contribution is -2.42. The molecule has 0 aliphatic carbocycles. The molecule has 2 N–H and O–H groups in total. The number of rotatable bonds is 5. The van der Waals surface area contributed by atoms with Gasteiger partial charge in [0.1, 0.15) is 0 Å². The van der Waals surface area contributed by atoms with Gasteiger partial charge in [-0.1, -0.05) is 23.7 Å². The fraction of sp³-hybridized carbons (Fsp3) is 0.625. The molecular formula is C16H26ClN3. The van der Waals surface area contributed by atoms with Crippen molar-refractivity contribution in [3.8, 4) is 0 Å². The Morgan fingerprint density at radius 3 is 2.50 bits per heavy atom. The van der Waals surface area contributed by atoms with Crippen LogP contribution in [0.4, 0.5) is 0 Å². The van der Waals surface area contributed by atoms with Gasteiger partial charge in [0.2, 0.25) is 0 Å². The van der Waals surface area contributed by atoms with Crippen molar-refractivity contribution in [3.63, 3.8) is 0 Å². The quantitative estimate of drug-likeness (QED) is 0.906. The number of hydrogen-bond acceptors (Lipinski definition) is 3. The van der Waals surface area contributed by atoms with E-state index >= 15 is 0 Å². The summed E-state index contributed by atoms with van der Waals surface area (Å²) < 4.78 is 0. The third kappa shape index (κ3) is 4.45. The van der Waals surface area contributed by atoms with E-state index in [1.54, 1.807) is 0 Å². The second-order valence-electron chi connectivity index (χ2n) is 5.96. The van der Waals surface area contributed by atoms with Gasteiger partial charge in [0.25, 0.3) is 0 Å². The minimum absolute atomic E-state index is 0.0981. The molecule has 1 aromatic carbocycles.